The maximum Gasteiger partial charge on any atom is 0.294 e. The largest absolute Gasteiger partial charge is 0.503 e. The summed E-state index contributed by atoms with van der Waals surface area (Å²) < 4.78 is 0. The second kappa shape index (κ2) is 6.75. The van der Waals surface area contributed by atoms with Gasteiger partial charge in [-0.15, -0.1) is 0 Å². The molecule has 5 heteroatoms. The number of ketones is 1. The van der Waals surface area contributed by atoms with Gasteiger partial charge in [0.25, 0.3) is 5.91 Å². The van der Waals surface area contributed by atoms with Crippen molar-refractivity contribution in [3.63, 3.8) is 0 Å². The summed E-state index contributed by atoms with van der Waals surface area (Å²) in [6.45, 7) is 7.42. The van der Waals surface area contributed by atoms with Crippen LogP contribution >= 0.6 is 0 Å². The quantitative estimate of drug-likeness (QED) is 0.910. The molecule has 1 aliphatic rings. The summed E-state index contributed by atoms with van der Waals surface area (Å²) in [5.41, 5.74) is 3.55. The van der Waals surface area contributed by atoms with E-state index in [4.69, 9.17) is 0 Å². The summed E-state index contributed by atoms with van der Waals surface area (Å²) in [7, 11) is 0. The lowest BCUT2D eigenvalue weighted by atomic mass is 9.91. The lowest BCUT2D eigenvalue weighted by Crippen LogP contribution is -2.32. The van der Waals surface area contributed by atoms with Gasteiger partial charge >= 0.3 is 0 Å². The molecule has 1 N–H and O–H groups in total. The van der Waals surface area contributed by atoms with E-state index in [1.165, 1.54) is 4.90 Å². The molecule has 1 aliphatic heterocycles. The molecule has 3 rings (SSSR count). The van der Waals surface area contributed by atoms with Crippen molar-refractivity contribution < 1.29 is 14.7 Å². The van der Waals surface area contributed by atoms with Crippen LogP contribution in [0.1, 0.15) is 36.6 Å². The summed E-state index contributed by atoms with van der Waals surface area (Å²) in [6, 6.07) is 8.54. The molecule has 2 heterocycles. The molecule has 1 aromatic heterocycles. The fourth-order valence-electron chi connectivity index (χ4n) is 3.27. The van der Waals surface area contributed by atoms with Crippen LogP contribution in [0.15, 0.2) is 54.1 Å². The van der Waals surface area contributed by atoms with Gasteiger partial charge < -0.3 is 5.11 Å². The normalized spacial score (nSPS) is 17.3. The zero-order chi connectivity index (χ0) is 19.0. The van der Waals surface area contributed by atoms with Gasteiger partial charge in [0.2, 0.25) is 0 Å². The van der Waals surface area contributed by atoms with E-state index >= 15 is 0 Å². The SMILES string of the molecule is Cc1cccc(N2C(=O)C(O)=C(C(=O)C(C)C)C2c2ccncc2)c1C. The molecular formula is C21H22N2O3. The maximum atomic E-state index is 12.9. The maximum absolute atomic E-state index is 12.9. The first-order chi connectivity index (χ1) is 12.3. The summed E-state index contributed by atoms with van der Waals surface area (Å²) in [5.74, 6) is -1.58. The molecule has 0 bridgehead atoms. The number of hydrogen-bond acceptors (Lipinski definition) is 4. The molecule has 1 unspecified atom stereocenters. The number of pyridine rings is 1. The predicted molar refractivity (Wildman–Crippen MR) is 99.9 cm³/mol. The topological polar surface area (TPSA) is 70.5 Å². The second-order valence-corrected chi connectivity index (χ2v) is 6.86. The van der Waals surface area contributed by atoms with E-state index in [0.717, 1.165) is 16.7 Å². The van der Waals surface area contributed by atoms with Crippen LogP contribution in [-0.2, 0) is 9.59 Å². The van der Waals surface area contributed by atoms with Crippen molar-refractivity contribution in [2.45, 2.75) is 33.7 Å². The Balaban J connectivity index is 2.23. The number of carbonyl (C=O) groups excluding carboxylic acids is 2. The Morgan fingerprint density at radius 3 is 2.42 bits per heavy atom. The third-order valence-corrected chi connectivity index (χ3v) is 4.86. The van der Waals surface area contributed by atoms with Gasteiger partial charge in [-0.3, -0.25) is 19.5 Å². The number of amides is 1. The lowest BCUT2D eigenvalue weighted by molar-refractivity contribution is -0.119. The monoisotopic (exact) mass is 350 g/mol. The number of aliphatic hydroxyl groups excluding tert-OH is 1. The number of nitrogens with zero attached hydrogens (tertiary/aromatic N) is 2. The number of anilines is 1. The highest BCUT2D eigenvalue weighted by molar-refractivity contribution is 6.17. The Morgan fingerprint density at radius 1 is 1.15 bits per heavy atom. The van der Waals surface area contributed by atoms with Crippen molar-refractivity contribution in [3.8, 4) is 0 Å². The highest BCUT2D eigenvalue weighted by Gasteiger charge is 2.45. The minimum atomic E-state index is -0.666. The highest BCUT2D eigenvalue weighted by atomic mass is 16.3. The van der Waals surface area contributed by atoms with E-state index in [1.54, 1.807) is 38.4 Å². The van der Waals surface area contributed by atoms with E-state index in [2.05, 4.69) is 4.98 Å². The van der Waals surface area contributed by atoms with Crippen molar-refractivity contribution in [1.29, 1.82) is 0 Å². The van der Waals surface area contributed by atoms with Crippen molar-refractivity contribution in [3.05, 3.63) is 70.7 Å². The number of carbonyl (C=O) groups is 2. The standard InChI is InChI=1S/C21H22N2O3/c1-12(2)19(24)17-18(15-8-10-22-11-9-15)23(21(26)20(17)25)16-7-5-6-13(3)14(16)4/h5-12,18,25H,1-4H3. The summed E-state index contributed by atoms with van der Waals surface area (Å²) >= 11 is 0. The van der Waals surface area contributed by atoms with E-state index < -0.39 is 17.7 Å². The van der Waals surface area contributed by atoms with Crippen LogP contribution in [0.5, 0.6) is 0 Å². The molecule has 0 spiro atoms. The zero-order valence-electron chi connectivity index (χ0n) is 15.4. The van der Waals surface area contributed by atoms with E-state index in [9.17, 15) is 14.7 Å². The Bertz CT molecular complexity index is 901. The molecule has 1 amide bonds. The lowest BCUT2D eigenvalue weighted by Gasteiger charge is -2.29. The minimum Gasteiger partial charge on any atom is -0.503 e. The molecule has 2 aromatic rings. The fraction of sp³-hybridized carbons (Fsp3) is 0.286. The molecule has 0 fully saturated rings. The molecule has 1 aromatic carbocycles. The number of hydrogen-bond donors (Lipinski definition) is 1. The van der Waals surface area contributed by atoms with Crippen molar-refractivity contribution in [2.24, 2.45) is 5.92 Å². The van der Waals surface area contributed by atoms with E-state index in [0.29, 0.717) is 5.69 Å². The molecule has 1 atom stereocenters. The molecule has 26 heavy (non-hydrogen) atoms. The summed E-state index contributed by atoms with van der Waals surface area (Å²) in [5, 5.41) is 10.6. The van der Waals surface area contributed by atoms with Gasteiger partial charge in [0.05, 0.1) is 11.6 Å². The smallest absolute Gasteiger partial charge is 0.294 e. The third kappa shape index (κ3) is 2.79. The summed E-state index contributed by atoms with van der Waals surface area (Å²) in [6.07, 6.45) is 3.24. The van der Waals surface area contributed by atoms with Crippen LogP contribution in [0.4, 0.5) is 5.69 Å². The predicted octanol–water partition coefficient (Wildman–Crippen LogP) is 3.82. The van der Waals surface area contributed by atoms with Crippen LogP contribution in [0, 0.1) is 19.8 Å². The number of benzene rings is 1. The zero-order valence-corrected chi connectivity index (χ0v) is 15.4. The van der Waals surface area contributed by atoms with Crippen molar-refractivity contribution >= 4 is 17.4 Å². The van der Waals surface area contributed by atoms with Crippen LogP contribution < -0.4 is 4.90 Å². The number of aryl methyl sites for hydroxylation is 1. The molecule has 0 aliphatic carbocycles. The Labute approximate surface area is 153 Å². The average Bonchev–Trinajstić information content (AvgIpc) is 2.89. The van der Waals surface area contributed by atoms with Crippen molar-refractivity contribution in [2.75, 3.05) is 4.90 Å². The first-order valence-corrected chi connectivity index (χ1v) is 8.61. The summed E-state index contributed by atoms with van der Waals surface area (Å²) in [4.78, 5) is 31.3. The van der Waals surface area contributed by atoms with Gasteiger partial charge in [-0.2, -0.15) is 0 Å². The minimum absolute atomic E-state index is 0.150. The highest BCUT2D eigenvalue weighted by Crippen LogP contribution is 2.42. The second-order valence-electron chi connectivity index (χ2n) is 6.86. The molecule has 0 saturated heterocycles. The molecule has 0 saturated carbocycles. The van der Waals surface area contributed by atoms with Gasteiger partial charge in [0, 0.05) is 24.0 Å². The Hall–Kier alpha value is -2.95. The number of rotatable bonds is 4. The average molecular weight is 350 g/mol. The van der Waals surface area contributed by atoms with Gasteiger partial charge in [-0.25, -0.2) is 0 Å². The first kappa shape index (κ1) is 17.9. The van der Waals surface area contributed by atoms with Crippen LogP contribution in [0.25, 0.3) is 0 Å². The van der Waals surface area contributed by atoms with Gasteiger partial charge in [-0.05, 0) is 48.7 Å². The van der Waals surface area contributed by atoms with E-state index in [1.807, 2.05) is 32.0 Å². The molecular weight excluding hydrogens is 328 g/mol. The molecule has 134 valence electrons. The number of aromatic nitrogens is 1. The molecule has 0 radical (unpaired) electrons. The third-order valence-electron chi connectivity index (χ3n) is 4.86. The van der Waals surface area contributed by atoms with Crippen LogP contribution in [0.2, 0.25) is 0 Å². The fourth-order valence-corrected chi connectivity index (χ4v) is 3.27. The van der Waals surface area contributed by atoms with Gasteiger partial charge in [0.15, 0.2) is 11.5 Å². The van der Waals surface area contributed by atoms with Gasteiger partial charge in [-0.1, -0.05) is 26.0 Å². The first-order valence-electron chi connectivity index (χ1n) is 8.61. The Morgan fingerprint density at radius 2 is 1.81 bits per heavy atom. The number of Topliss-reactive ketones (excluding diaryl/α,β-unsaturated/α-hetero) is 1. The van der Waals surface area contributed by atoms with Crippen LogP contribution in [0.3, 0.4) is 0 Å². The Kier molecular flexibility index (Phi) is 4.64. The number of aliphatic hydroxyl groups is 1. The van der Waals surface area contributed by atoms with Crippen molar-refractivity contribution in [1.82, 2.24) is 4.98 Å². The van der Waals surface area contributed by atoms with Gasteiger partial charge in [0.1, 0.15) is 0 Å². The molecule has 5 nitrogen and oxygen atoms in total. The van der Waals surface area contributed by atoms with E-state index in [-0.39, 0.29) is 17.3 Å². The van der Waals surface area contributed by atoms with Crippen LogP contribution in [-0.4, -0.2) is 21.8 Å².